The summed E-state index contributed by atoms with van der Waals surface area (Å²) < 4.78 is 0. The Morgan fingerprint density at radius 1 is 1.16 bits per heavy atom. The lowest BCUT2D eigenvalue weighted by Crippen LogP contribution is -2.36. The molecule has 4 heteroatoms. The van der Waals surface area contributed by atoms with Crippen LogP contribution in [0.25, 0.3) is 0 Å². The van der Waals surface area contributed by atoms with E-state index in [1.807, 2.05) is 18.2 Å². The molecule has 3 rings (SSSR count). The molecule has 1 aromatic heterocycles. The number of nitrogens with zero attached hydrogens (tertiary/aromatic N) is 2. The van der Waals surface area contributed by atoms with Crippen molar-refractivity contribution in [2.45, 2.75) is 51.6 Å². The molecular weight excluding hydrogens is 310 g/mol. The number of hydrogen-bond acceptors (Lipinski definition) is 3. The molecule has 0 aliphatic heterocycles. The summed E-state index contributed by atoms with van der Waals surface area (Å²) in [6, 6.07) is 14.6. The van der Waals surface area contributed by atoms with Crippen LogP contribution >= 0.6 is 0 Å². The summed E-state index contributed by atoms with van der Waals surface area (Å²) in [5.74, 6) is -0.0514. The minimum Gasteiger partial charge on any atom is -0.367 e. The summed E-state index contributed by atoms with van der Waals surface area (Å²) in [6.45, 7) is 3.83. The van der Waals surface area contributed by atoms with Crippen LogP contribution in [0.2, 0.25) is 0 Å². The van der Waals surface area contributed by atoms with Crippen molar-refractivity contribution < 1.29 is 4.79 Å². The first-order valence-electron chi connectivity index (χ1n) is 9.32. The molecule has 1 fully saturated rings. The van der Waals surface area contributed by atoms with E-state index in [4.69, 9.17) is 0 Å². The van der Waals surface area contributed by atoms with Gasteiger partial charge >= 0.3 is 0 Å². The van der Waals surface area contributed by atoms with Gasteiger partial charge in [-0.25, -0.2) is 0 Å². The van der Waals surface area contributed by atoms with E-state index in [0.29, 0.717) is 11.7 Å². The Labute approximate surface area is 150 Å². The molecule has 25 heavy (non-hydrogen) atoms. The summed E-state index contributed by atoms with van der Waals surface area (Å²) in [7, 11) is 0. The standard InChI is InChI=1S/C21H27N3O/c1-2-24(16-17-9-5-3-6-10-17)19-13-14-22-20(15-19)21(25)23-18-11-7-4-8-12-18/h3,5-6,9-10,13-15,18H,2,4,7-8,11-12,16H2,1H3,(H,23,25). The maximum atomic E-state index is 12.5. The van der Waals surface area contributed by atoms with Crippen LogP contribution in [0.4, 0.5) is 5.69 Å². The summed E-state index contributed by atoms with van der Waals surface area (Å²) in [5.41, 5.74) is 2.80. The van der Waals surface area contributed by atoms with E-state index in [1.54, 1.807) is 6.20 Å². The van der Waals surface area contributed by atoms with E-state index < -0.39 is 0 Å². The third-order valence-electron chi connectivity index (χ3n) is 4.88. The van der Waals surface area contributed by atoms with Gasteiger partial charge in [0.05, 0.1) is 0 Å². The summed E-state index contributed by atoms with van der Waals surface area (Å²) in [6.07, 6.45) is 7.60. The zero-order valence-electron chi connectivity index (χ0n) is 14.9. The number of pyridine rings is 1. The van der Waals surface area contributed by atoms with Crippen molar-refractivity contribution in [3.63, 3.8) is 0 Å². The van der Waals surface area contributed by atoms with Gasteiger partial charge in [0.25, 0.3) is 5.91 Å². The predicted octanol–water partition coefficient (Wildman–Crippen LogP) is 4.17. The van der Waals surface area contributed by atoms with Gasteiger partial charge in [-0.3, -0.25) is 9.78 Å². The van der Waals surface area contributed by atoms with Gasteiger partial charge in [0.15, 0.2) is 0 Å². The molecule has 1 amide bonds. The second-order valence-corrected chi connectivity index (χ2v) is 6.71. The molecule has 0 unspecified atom stereocenters. The van der Waals surface area contributed by atoms with Gasteiger partial charge < -0.3 is 10.2 Å². The monoisotopic (exact) mass is 337 g/mol. The van der Waals surface area contributed by atoms with Gasteiger partial charge in [0, 0.05) is 31.0 Å². The second kappa shape index (κ2) is 8.65. The van der Waals surface area contributed by atoms with Crippen LogP contribution in [0.1, 0.15) is 55.1 Å². The lowest BCUT2D eigenvalue weighted by Gasteiger charge is -2.24. The highest BCUT2D eigenvalue weighted by Gasteiger charge is 2.18. The average molecular weight is 337 g/mol. The van der Waals surface area contributed by atoms with Crippen molar-refractivity contribution >= 4 is 11.6 Å². The van der Waals surface area contributed by atoms with E-state index in [-0.39, 0.29) is 5.91 Å². The zero-order valence-corrected chi connectivity index (χ0v) is 14.9. The first-order valence-corrected chi connectivity index (χ1v) is 9.32. The molecule has 1 aliphatic carbocycles. The normalized spacial score (nSPS) is 14.9. The number of benzene rings is 1. The molecule has 1 saturated carbocycles. The van der Waals surface area contributed by atoms with E-state index in [2.05, 4.69) is 46.4 Å². The number of anilines is 1. The van der Waals surface area contributed by atoms with Gasteiger partial charge in [-0.2, -0.15) is 0 Å². The minimum absolute atomic E-state index is 0.0514. The molecule has 1 heterocycles. The lowest BCUT2D eigenvalue weighted by atomic mass is 9.95. The average Bonchev–Trinajstić information content (AvgIpc) is 2.68. The highest BCUT2D eigenvalue weighted by atomic mass is 16.1. The predicted molar refractivity (Wildman–Crippen MR) is 102 cm³/mol. The van der Waals surface area contributed by atoms with Gasteiger partial charge in [-0.1, -0.05) is 49.6 Å². The Bertz CT molecular complexity index is 681. The largest absolute Gasteiger partial charge is 0.367 e. The summed E-state index contributed by atoms with van der Waals surface area (Å²) >= 11 is 0. The quantitative estimate of drug-likeness (QED) is 0.860. The number of rotatable bonds is 6. The van der Waals surface area contributed by atoms with Crippen molar-refractivity contribution in [3.05, 3.63) is 59.9 Å². The Balaban J connectivity index is 1.69. The highest BCUT2D eigenvalue weighted by molar-refractivity contribution is 5.93. The van der Waals surface area contributed by atoms with Crippen LogP contribution < -0.4 is 10.2 Å². The third-order valence-corrected chi connectivity index (χ3v) is 4.88. The number of carbonyl (C=O) groups is 1. The van der Waals surface area contributed by atoms with Gasteiger partial charge in [-0.15, -0.1) is 0 Å². The smallest absolute Gasteiger partial charge is 0.270 e. The Morgan fingerprint density at radius 2 is 1.92 bits per heavy atom. The van der Waals surface area contributed by atoms with Crippen molar-refractivity contribution in [1.82, 2.24) is 10.3 Å². The number of nitrogens with one attached hydrogen (secondary N) is 1. The minimum atomic E-state index is -0.0514. The van der Waals surface area contributed by atoms with E-state index in [0.717, 1.165) is 31.6 Å². The molecule has 0 radical (unpaired) electrons. The molecule has 0 spiro atoms. The van der Waals surface area contributed by atoms with Crippen LogP contribution in [0.15, 0.2) is 48.7 Å². The first kappa shape index (κ1) is 17.5. The van der Waals surface area contributed by atoms with Crippen molar-refractivity contribution in [3.8, 4) is 0 Å². The molecule has 0 atom stereocenters. The van der Waals surface area contributed by atoms with Crippen LogP contribution in [-0.4, -0.2) is 23.5 Å². The zero-order chi connectivity index (χ0) is 17.5. The molecule has 1 aromatic carbocycles. The van der Waals surface area contributed by atoms with Crippen molar-refractivity contribution in [2.24, 2.45) is 0 Å². The maximum Gasteiger partial charge on any atom is 0.270 e. The summed E-state index contributed by atoms with van der Waals surface area (Å²) in [5, 5.41) is 3.15. The van der Waals surface area contributed by atoms with Gasteiger partial charge in [0.1, 0.15) is 5.69 Å². The molecule has 132 valence electrons. The number of amides is 1. The Morgan fingerprint density at radius 3 is 2.64 bits per heavy atom. The van der Waals surface area contributed by atoms with Gasteiger partial charge in [0.2, 0.25) is 0 Å². The molecule has 2 aromatic rings. The SMILES string of the molecule is CCN(Cc1ccccc1)c1ccnc(C(=O)NC2CCCCC2)c1. The Kier molecular flexibility index (Phi) is 6.04. The maximum absolute atomic E-state index is 12.5. The molecule has 4 nitrogen and oxygen atoms in total. The fourth-order valence-corrected chi connectivity index (χ4v) is 3.44. The molecular formula is C21H27N3O. The Hall–Kier alpha value is -2.36. The van der Waals surface area contributed by atoms with E-state index >= 15 is 0 Å². The second-order valence-electron chi connectivity index (χ2n) is 6.71. The molecule has 1 aliphatic rings. The van der Waals surface area contributed by atoms with E-state index in [1.165, 1.54) is 24.8 Å². The molecule has 0 bridgehead atoms. The fraction of sp³-hybridized carbons (Fsp3) is 0.429. The fourth-order valence-electron chi connectivity index (χ4n) is 3.44. The van der Waals surface area contributed by atoms with Crippen LogP contribution in [0, 0.1) is 0 Å². The molecule has 0 saturated heterocycles. The van der Waals surface area contributed by atoms with Crippen molar-refractivity contribution in [2.75, 3.05) is 11.4 Å². The van der Waals surface area contributed by atoms with Crippen LogP contribution in [0.3, 0.4) is 0 Å². The lowest BCUT2D eigenvalue weighted by molar-refractivity contribution is 0.0922. The van der Waals surface area contributed by atoms with Crippen molar-refractivity contribution in [1.29, 1.82) is 0 Å². The topological polar surface area (TPSA) is 45.2 Å². The third kappa shape index (κ3) is 4.81. The number of carbonyl (C=O) groups excluding carboxylic acids is 1. The van der Waals surface area contributed by atoms with Gasteiger partial charge in [-0.05, 0) is 37.5 Å². The van der Waals surface area contributed by atoms with E-state index in [9.17, 15) is 4.79 Å². The number of hydrogen-bond donors (Lipinski definition) is 1. The highest BCUT2D eigenvalue weighted by Crippen LogP contribution is 2.20. The molecule has 1 N–H and O–H groups in total. The van der Waals surface area contributed by atoms with Crippen LogP contribution in [0.5, 0.6) is 0 Å². The van der Waals surface area contributed by atoms with Crippen LogP contribution in [-0.2, 0) is 6.54 Å². The first-order chi connectivity index (χ1) is 12.3. The number of aromatic nitrogens is 1. The summed E-state index contributed by atoms with van der Waals surface area (Å²) in [4.78, 5) is 19.1.